The summed E-state index contributed by atoms with van der Waals surface area (Å²) in [5, 5.41) is 13.3. The first-order valence-corrected chi connectivity index (χ1v) is 4.99. The molecule has 0 spiro atoms. The second-order valence-corrected chi connectivity index (χ2v) is 3.65. The number of hydrogen-bond acceptors (Lipinski definition) is 3. The minimum atomic E-state index is -0.392. The van der Waals surface area contributed by atoms with Crippen molar-refractivity contribution in [2.45, 2.75) is 27.3 Å². The number of carbonyl (C=O) groups is 1. The van der Waals surface area contributed by atoms with Gasteiger partial charge in [-0.1, -0.05) is 0 Å². The second kappa shape index (κ2) is 4.78. The molecule has 0 saturated carbocycles. The van der Waals surface area contributed by atoms with Gasteiger partial charge in [0.25, 0.3) is 5.69 Å². The summed E-state index contributed by atoms with van der Waals surface area (Å²) in [5.41, 5.74) is 1.57. The van der Waals surface area contributed by atoms with Crippen molar-refractivity contribution in [2.24, 2.45) is 0 Å². The van der Waals surface area contributed by atoms with Crippen molar-refractivity contribution >= 4 is 11.6 Å². The smallest absolute Gasteiger partial charge is 0.290 e. The number of amides is 1. The standard InChI is InChI=1S/C10H15N3O3/c1-7-6-10(13(15)16)8(2)12(7)5-4-11-9(3)14/h6H,4-5H2,1-3H3,(H,11,14). The minimum Gasteiger partial charge on any atom is -0.355 e. The van der Waals surface area contributed by atoms with Gasteiger partial charge in [-0.2, -0.15) is 0 Å². The molecule has 0 unspecified atom stereocenters. The van der Waals surface area contributed by atoms with Crippen LogP contribution in [0, 0.1) is 24.0 Å². The minimum absolute atomic E-state index is 0.100. The van der Waals surface area contributed by atoms with E-state index in [1.54, 1.807) is 13.0 Å². The maximum atomic E-state index is 10.7. The third-order valence-electron chi connectivity index (χ3n) is 2.45. The van der Waals surface area contributed by atoms with E-state index in [2.05, 4.69) is 5.32 Å². The molecule has 1 aromatic heterocycles. The zero-order valence-corrected chi connectivity index (χ0v) is 9.61. The summed E-state index contributed by atoms with van der Waals surface area (Å²) in [6, 6.07) is 1.54. The van der Waals surface area contributed by atoms with Crippen LogP contribution < -0.4 is 5.32 Å². The van der Waals surface area contributed by atoms with Crippen LogP contribution in [-0.2, 0) is 11.3 Å². The molecule has 0 aliphatic carbocycles. The van der Waals surface area contributed by atoms with Gasteiger partial charge in [0.05, 0.1) is 10.6 Å². The lowest BCUT2D eigenvalue weighted by Gasteiger charge is -2.08. The zero-order valence-electron chi connectivity index (χ0n) is 9.61. The molecule has 6 heteroatoms. The Labute approximate surface area is 93.4 Å². The molecule has 88 valence electrons. The van der Waals surface area contributed by atoms with Gasteiger partial charge in [-0.3, -0.25) is 14.9 Å². The van der Waals surface area contributed by atoms with Crippen LogP contribution in [-0.4, -0.2) is 21.9 Å². The number of aromatic nitrogens is 1. The first-order chi connectivity index (χ1) is 7.43. The van der Waals surface area contributed by atoms with Gasteiger partial charge in [-0.25, -0.2) is 0 Å². The number of aryl methyl sites for hydroxylation is 1. The molecule has 1 heterocycles. The van der Waals surface area contributed by atoms with E-state index in [0.29, 0.717) is 18.8 Å². The summed E-state index contributed by atoms with van der Waals surface area (Å²) in [7, 11) is 0. The fraction of sp³-hybridized carbons (Fsp3) is 0.500. The van der Waals surface area contributed by atoms with Crippen LogP contribution in [0.5, 0.6) is 0 Å². The Morgan fingerprint density at radius 2 is 2.19 bits per heavy atom. The van der Waals surface area contributed by atoms with Crippen LogP contribution in [0.2, 0.25) is 0 Å². The lowest BCUT2D eigenvalue weighted by Crippen LogP contribution is -2.25. The Kier molecular flexibility index (Phi) is 3.65. The Morgan fingerprint density at radius 1 is 1.56 bits per heavy atom. The molecule has 0 atom stereocenters. The topological polar surface area (TPSA) is 77.2 Å². The highest BCUT2D eigenvalue weighted by Crippen LogP contribution is 2.21. The van der Waals surface area contributed by atoms with E-state index >= 15 is 0 Å². The van der Waals surface area contributed by atoms with Gasteiger partial charge in [-0.15, -0.1) is 0 Å². The van der Waals surface area contributed by atoms with Gasteiger partial charge >= 0.3 is 0 Å². The van der Waals surface area contributed by atoms with Crippen molar-refractivity contribution in [1.82, 2.24) is 9.88 Å². The van der Waals surface area contributed by atoms with Gasteiger partial charge in [0.15, 0.2) is 0 Å². The molecule has 6 nitrogen and oxygen atoms in total. The molecule has 1 aromatic rings. The molecular formula is C10H15N3O3. The molecule has 1 amide bonds. The zero-order chi connectivity index (χ0) is 12.3. The summed E-state index contributed by atoms with van der Waals surface area (Å²) in [6.45, 7) is 5.98. The summed E-state index contributed by atoms with van der Waals surface area (Å²) >= 11 is 0. The summed E-state index contributed by atoms with van der Waals surface area (Å²) in [5.74, 6) is -0.100. The second-order valence-electron chi connectivity index (χ2n) is 3.65. The number of nitrogens with zero attached hydrogens (tertiary/aromatic N) is 2. The molecule has 0 saturated heterocycles. The lowest BCUT2D eigenvalue weighted by molar-refractivity contribution is -0.385. The molecular weight excluding hydrogens is 210 g/mol. The van der Waals surface area contributed by atoms with Gasteiger partial charge < -0.3 is 9.88 Å². The molecule has 0 radical (unpaired) electrons. The molecule has 0 aliphatic heterocycles. The largest absolute Gasteiger partial charge is 0.355 e. The summed E-state index contributed by atoms with van der Waals surface area (Å²) < 4.78 is 1.83. The average molecular weight is 225 g/mol. The number of rotatable bonds is 4. The van der Waals surface area contributed by atoms with Gasteiger partial charge in [0.2, 0.25) is 5.91 Å². The summed E-state index contributed by atoms with van der Waals surface area (Å²) in [4.78, 5) is 21.0. The lowest BCUT2D eigenvalue weighted by atomic mass is 10.4. The molecule has 0 bridgehead atoms. The fourth-order valence-electron chi connectivity index (χ4n) is 1.66. The highest BCUT2D eigenvalue weighted by molar-refractivity contribution is 5.72. The van der Waals surface area contributed by atoms with Gasteiger partial charge in [0, 0.05) is 31.8 Å². The Morgan fingerprint density at radius 3 is 2.62 bits per heavy atom. The first-order valence-electron chi connectivity index (χ1n) is 4.99. The van der Waals surface area contributed by atoms with Gasteiger partial charge in [-0.05, 0) is 13.8 Å². The Hall–Kier alpha value is -1.85. The molecule has 0 fully saturated rings. The SMILES string of the molecule is CC(=O)NCCn1c(C)cc([N+](=O)[O-])c1C. The molecule has 1 N–H and O–H groups in total. The van der Waals surface area contributed by atoms with E-state index in [1.165, 1.54) is 6.92 Å². The average Bonchev–Trinajstić information content (AvgIpc) is 2.44. The van der Waals surface area contributed by atoms with Crippen molar-refractivity contribution in [3.8, 4) is 0 Å². The van der Waals surface area contributed by atoms with Crippen LogP contribution in [0.4, 0.5) is 5.69 Å². The van der Waals surface area contributed by atoms with E-state index in [1.807, 2.05) is 11.5 Å². The third-order valence-corrected chi connectivity index (χ3v) is 2.45. The molecule has 16 heavy (non-hydrogen) atoms. The van der Waals surface area contributed by atoms with Crippen molar-refractivity contribution in [3.05, 3.63) is 27.6 Å². The quantitative estimate of drug-likeness (QED) is 0.616. The highest BCUT2D eigenvalue weighted by Gasteiger charge is 2.17. The number of hydrogen-bond donors (Lipinski definition) is 1. The first kappa shape index (κ1) is 12.2. The van der Waals surface area contributed by atoms with E-state index in [-0.39, 0.29) is 11.6 Å². The van der Waals surface area contributed by atoms with Crippen molar-refractivity contribution in [2.75, 3.05) is 6.54 Å². The normalized spacial score (nSPS) is 10.2. The van der Waals surface area contributed by atoms with Crippen molar-refractivity contribution < 1.29 is 9.72 Å². The molecule has 0 aromatic carbocycles. The van der Waals surface area contributed by atoms with Crippen LogP contribution >= 0.6 is 0 Å². The van der Waals surface area contributed by atoms with E-state index in [9.17, 15) is 14.9 Å². The van der Waals surface area contributed by atoms with E-state index in [4.69, 9.17) is 0 Å². The molecule has 1 rings (SSSR count). The maximum absolute atomic E-state index is 10.7. The number of nitrogens with one attached hydrogen (secondary N) is 1. The van der Waals surface area contributed by atoms with Gasteiger partial charge in [0.1, 0.15) is 0 Å². The highest BCUT2D eigenvalue weighted by atomic mass is 16.6. The number of carbonyl (C=O) groups excluding carboxylic acids is 1. The van der Waals surface area contributed by atoms with Crippen LogP contribution in [0.15, 0.2) is 6.07 Å². The van der Waals surface area contributed by atoms with E-state index < -0.39 is 4.92 Å². The third kappa shape index (κ3) is 2.59. The molecule has 0 aliphatic rings. The van der Waals surface area contributed by atoms with Crippen LogP contribution in [0.3, 0.4) is 0 Å². The van der Waals surface area contributed by atoms with E-state index in [0.717, 1.165) is 5.69 Å². The maximum Gasteiger partial charge on any atom is 0.290 e. The predicted molar refractivity (Wildman–Crippen MR) is 59.2 cm³/mol. The monoisotopic (exact) mass is 225 g/mol. The number of nitro groups is 1. The van der Waals surface area contributed by atoms with Crippen LogP contribution in [0.25, 0.3) is 0 Å². The predicted octanol–water partition coefficient (Wildman–Crippen LogP) is 1.15. The van der Waals surface area contributed by atoms with Crippen molar-refractivity contribution in [1.29, 1.82) is 0 Å². The Balaban J connectivity index is 2.80. The van der Waals surface area contributed by atoms with Crippen molar-refractivity contribution in [3.63, 3.8) is 0 Å². The summed E-state index contributed by atoms with van der Waals surface area (Å²) in [6.07, 6.45) is 0. The van der Waals surface area contributed by atoms with Crippen LogP contribution in [0.1, 0.15) is 18.3 Å². The Bertz CT molecular complexity index is 423. The fourth-order valence-corrected chi connectivity index (χ4v) is 1.66.